The average Bonchev–Trinajstić information content (AvgIpc) is 2.27. The summed E-state index contributed by atoms with van der Waals surface area (Å²) in [6.45, 7) is 5.35. The molecule has 0 saturated carbocycles. The summed E-state index contributed by atoms with van der Waals surface area (Å²) >= 11 is 0. The van der Waals surface area contributed by atoms with Crippen molar-refractivity contribution < 1.29 is 13.2 Å². The largest absolute Gasteiger partial charge is 0.416 e. The molecular weight excluding hydrogens is 243 g/mol. The van der Waals surface area contributed by atoms with Gasteiger partial charge in [-0.3, -0.25) is 0 Å². The monoisotopic (exact) mass is 259 g/mol. The van der Waals surface area contributed by atoms with Gasteiger partial charge in [0, 0.05) is 31.4 Å². The minimum Gasteiger partial charge on any atom is -0.354 e. The summed E-state index contributed by atoms with van der Waals surface area (Å²) in [5, 5.41) is 3.33. The Bertz CT molecular complexity index is 409. The van der Waals surface area contributed by atoms with Crippen molar-refractivity contribution >= 4 is 5.82 Å². The Balaban J connectivity index is 2.23. The zero-order chi connectivity index (χ0) is 13.3. The van der Waals surface area contributed by atoms with Gasteiger partial charge >= 0.3 is 6.18 Å². The minimum atomic E-state index is -4.32. The van der Waals surface area contributed by atoms with E-state index in [2.05, 4.69) is 10.3 Å². The lowest BCUT2D eigenvalue weighted by Crippen LogP contribution is -2.54. The smallest absolute Gasteiger partial charge is 0.354 e. The van der Waals surface area contributed by atoms with Crippen LogP contribution in [-0.4, -0.2) is 30.2 Å². The van der Waals surface area contributed by atoms with Crippen LogP contribution in [-0.2, 0) is 6.18 Å². The minimum absolute atomic E-state index is 0.241. The summed E-state index contributed by atoms with van der Waals surface area (Å²) in [5.41, 5.74) is -0.647. The molecule has 100 valence electrons. The number of rotatable bonds is 1. The fourth-order valence-electron chi connectivity index (χ4n) is 2.28. The van der Waals surface area contributed by atoms with Gasteiger partial charge < -0.3 is 10.2 Å². The molecule has 0 aliphatic carbocycles. The highest BCUT2D eigenvalue weighted by atomic mass is 19.4. The lowest BCUT2D eigenvalue weighted by atomic mass is 10.1. The standard InChI is InChI=1S/C12H16F3N3/c1-8-6-18(7-9(2)17-8)11-5-10(3-4-16-11)12(13,14)15/h3-5,8-9,17H,6-7H2,1-2H3. The van der Waals surface area contributed by atoms with E-state index in [1.165, 1.54) is 6.20 Å². The zero-order valence-electron chi connectivity index (χ0n) is 10.3. The molecule has 2 rings (SSSR count). The summed E-state index contributed by atoms with van der Waals surface area (Å²) in [4.78, 5) is 5.93. The molecule has 2 heterocycles. The number of hydrogen-bond acceptors (Lipinski definition) is 3. The van der Waals surface area contributed by atoms with Crippen molar-refractivity contribution in [1.29, 1.82) is 0 Å². The summed E-state index contributed by atoms with van der Waals surface area (Å²) in [6.07, 6.45) is -3.10. The second-order valence-electron chi connectivity index (χ2n) is 4.77. The van der Waals surface area contributed by atoms with Crippen molar-refractivity contribution in [3.05, 3.63) is 23.9 Å². The first-order valence-electron chi connectivity index (χ1n) is 5.90. The van der Waals surface area contributed by atoms with E-state index < -0.39 is 11.7 Å². The van der Waals surface area contributed by atoms with Gasteiger partial charge in [-0.2, -0.15) is 13.2 Å². The third kappa shape index (κ3) is 2.93. The third-order valence-electron chi connectivity index (χ3n) is 2.95. The van der Waals surface area contributed by atoms with E-state index in [-0.39, 0.29) is 12.1 Å². The number of piperazine rings is 1. The molecule has 1 aliphatic rings. The first-order valence-corrected chi connectivity index (χ1v) is 5.90. The van der Waals surface area contributed by atoms with Crippen LogP contribution in [0.5, 0.6) is 0 Å². The fraction of sp³-hybridized carbons (Fsp3) is 0.583. The van der Waals surface area contributed by atoms with Gasteiger partial charge in [-0.25, -0.2) is 4.98 Å². The fourth-order valence-corrected chi connectivity index (χ4v) is 2.28. The lowest BCUT2D eigenvalue weighted by molar-refractivity contribution is -0.137. The SMILES string of the molecule is CC1CN(c2cc(C(F)(F)F)ccn2)CC(C)N1. The average molecular weight is 259 g/mol. The van der Waals surface area contributed by atoms with Crippen LogP contribution in [0, 0.1) is 0 Å². The molecule has 0 aromatic carbocycles. The van der Waals surface area contributed by atoms with Gasteiger partial charge in [-0.05, 0) is 26.0 Å². The number of alkyl halides is 3. The molecule has 2 unspecified atom stereocenters. The number of hydrogen-bond donors (Lipinski definition) is 1. The highest BCUT2D eigenvalue weighted by molar-refractivity contribution is 5.42. The summed E-state index contributed by atoms with van der Waals surface area (Å²) in [7, 11) is 0. The van der Waals surface area contributed by atoms with Crippen LogP contribution in [0.15, 0.2) is 18.3 Å². The Morgan fingerprint density at radius 3 is 2.44 bits per heavy atom. The van der Waals surface area contributed by atoms with Gasteiger partial charge in [0.25, 0.3) is 0 Å². The maximum absolute atomic E-state index is 12.6. The van der Waals surface area contributed by atoms with E-state index in [1.54, 1.807) is 0 Å². The first-order chi connectivity index (χ1) is 8.36. The molecule has 2 atom stereocenters. The van der Waals surface area contributed by atoms with Gasteiger partial charge in [0.1, 0.15) is 5.82 Å². The Labute approximate surface area is 104 Å². The number of pyridine rings is 1. The molecule has 6 heteroatoms. The maximum atomic E-state index is 12.6. The van der Waals surface area contributed by atoms with E-state index in [0.29, 0.717) is 18.9 Å². The molecule has 3 nitrogen and oxygen atoms in total. The van der Waals surface area contributed by atoms with Crippen LogP contribution in [0.2, 0.25) is 0 Å². The van der Waals surface area contributed by atoms with Crippen LogP contribution in [0.4, 0.5) is 19.0 Å². The van der Waals surface area contributed by atoms with Crippen molar-refractivity contribution in [3.63, 3.8) is 0 Å². The van der Waals surface area contributed by atoms with Crippen molar-refractivity contribution in [2.75, 3.05) is 18.0 Å². The van der Waals surface area contributed by atoms with E-state index in [0.717, 1.165) is 12.1 Å². The second kappa shape index (κ2) is 4.76. The summed E-state index contributed by atoms with van der Waals surface area (Å²) < 4.78 is 37.9. The predicted octanol–water partition coefficient (Wildman–Crippen LogP) is 2.29. The van der Waals surface area contributed by atoms with Crippen molar-refractivity contribution in [2.24, 2.45) is 0 Å². The van der Waals surface area contributed by atoms with Crippen LogP contribution in [0.25, 0.3) is 0 Å². The number of aromatic nitrogens is 1. The number of anilines is 1. The van der Waals surface area contributed by atoms with Gasteiger partial charge in [0.2, 0.25) is 0 Å². The summed E-state index contributed by atoms with van der Waals surface area (Å²) in [6, 6.07) is 2.60. The number of nitrogens with zero attached hydrogens (tertiary/aromatic N) is 2. The van der Waals surface area contributed by atoms with E-state index in [4.69, 9.17) is 0 Å². The molecule has 1 aliphatic heterocycles. The number of nitrogens with one attached hydrogen (secondary N) is 1. The first kappa shape index (κ1) is 13.1. The molecule has 1 aromatic rings. The Hall–Kier alpha value is -1.30. The zero-order valence-corrected chi connectivity index (χ0v) is 10.3. The number of halogens is 3. The predicted molar refractivity (Wildman–Crippen MR) is 63.5 cm³/mol. The van der Waals surface area contributed by atoms with Crippen LogP contribution < -0.4 is 10.2 Å². The molecular formula is C12H16F3N3. The maximum Gasteiger partial charge on any atom is 0.416 e. The van der Waals surface area contributed by atoms with E-state index in [9.17, 15) is 13.2 Å². The normalized spacial score (nSPS) is 25.3. The van der Waals surface area contributed by atoms with Crippen molar-refractivity contribution in [3.8, 4) is 0 Å². The van der Waals surface area contributed by atoms with Crippen molar-refractivity contribution in [1.82, 2.24) is 10.3 Å². The van der Waals surface area contributed by atoms with Gasteiger partial charge in [0.15, 0.2) is 0 Å². The molecule has 1 fully saturated rings. The topological polar surface area (TPSA) is 28.2 Å². The second-order valence-corrected chi connectivity index (χ2v) is 4.77. The highest BCUT2D eigenvalue weighted by Gasteiger charge is 2.31. The van der Waals surface area contributed by atoms with E-state index >= 15 is 0 Å². The highest BCUT2D eigenvalue weighted by Crippen LogP contribution is 2.30. The molecule has 0 bridgehead atoms. The molecule has 0 amide bonds. The Morgan fingerprint density at radius 2 is 1.89 bits per heavy atom. The quantitative estimate of drug-likeness (QED) is 0.838. The molecule has 0 spiro atoms. The van der Waals surface area contributed by atoms with Crippen molar-refractivity contribution in [2.45, 2.75) is 32.1 Å². The van der Waals surface area contributed by atoms with E-state index in [1.807, 2.05) is 18.7 Å². The van der Waals surface area contributed by atoms with Crippen LogP contribution in [0.1, 0.15) is 19.4 Å². The Morgan fingerprint density at radius 1 is 1.28 bits per heavy atom. The third-order valence-corrected chi connectivity index (χ3v) is 2.95. The molecule has 18 heavy (non-hydrogen) atoms. The molecule has 1 aromatic heterocycles. The molecule has 0 radical (unpaired) electrons. The lowest BCUT2D eigenvalue weighted by Gasteiger charge is -2.37. The van der Waals surface area contributed by atoms with Gasteiger partial charge in [-0.1, -0.05) is 0 Å². The molecule has 1 saturated heterocycles. The van der Waals surface area contributed by atoms with Crippen LogP contribution >= 0.6 is 0 Å². The van der Waals surface area contributed by atoms with Gasteiger partial charge in [0.05, 0.1) is 5.56 Å². The summed E-state index contributed by atoms with van der Waals surface area (Å²) in [5.74, 6) is 0.394. The Kier molecular flexibility index (Phi) is 3.47. The molecule has 1 N–H and O–H groups in total. The van der Waals surface area contributed by atoms with Crippen LogP contribution in [0.3, 0.4) is 0 Å². The van der Waals surface area contributed by atoms with Gasteiger partial charge in [-0.15, -0.1) is 0 Å².